The topological polar surface area (TPSA) is 58.7 Å². The quantitative estimate of drug-likeness (QED) is 0.742. The van der Waals surface area contributed by atoms with Gasteiger partial charge in [0.25, 0.3) is 0 Å². The number of fused-ring (bicyclic) bond motifs is 1. The number of carbonyl (C=O) groups excluding carboxylic acids is 1. The van der Waals surface area contributed by atoms with Crippen molar-refractivity contribution >= 4 is 28.0 Å². The molecule has 2 aromatic heterocycles. The van der Waals surface area contributed by atoms with Gasteiger partial charge < -0.3 is 4.57 Å². The first kappa shape index (κ1) is 13.5. The minimum atomic E-state index is -0.787. The van der Waals surface area contributed by atoms with Crippen LogP contribution in [0.4, 0.5) is 0 Å². The third-order valence-electron chi connectivity index (χ3n) is 3.34. The summed E-state index contributed by atoms with van der Waals surface area (Å²) < 4.78 is 1.88. The van der Waals surface area contributed by atoms with E-state index in [1.807, 2.05) is 53.4 Å². The lowest BCUT2D eigenvalue weighted by Gasteiger charge is -2.07. The highest BCUT2D eigenvalue weighted by Gasteiger charge is 2.23. The molecule has 0 aliphatic rings. The van der Waals surface area contributed by atoms with E-state index in [4.69, 9.17) is 0 Å². The summed E-state index contributed by atoms with van der Waals surface area (Å²) in [5, 5.41) is 12.8. The lowest BCUT2D eigenvalue weighted by atomic mass is 10.1. The van der Waals surface area contributed by atoms with Gasteiger partial charge in [0.2, 0.25) is 0 Å². The van der Waals surface area contributed by atoms with Crippen LogP contribution < -0.4 is 0 Å². The number of aromatic nitrogens is 2. The average molecular weight is 295 g/mol. The van der Waals surface area contributed by atoms with Crippen molar-refractivity contribution in [3.8, 4) is 6.07 Å². The number of nitrogens with zero attached hydrogens (tertiary/aromatic N) is 3. The molecular formula is C16H13N3OS. The van der Waals surface area contributed by atoms with Crippen molar-refractivity contribution in [3.63, 3.8) is 0 Å². The number of benzene rings is 1. The van der Waals surface area contributed by atoms with E-state index in [0.29, 0.717) is 5.01 Å². The highest BCUT2D eigenvalue weighted by Crippen LogP contribution is 2.22. The smallest absolute Gasteiger partial charge is 0.176 e. The van der Waals surface area contributed by atoms with Crippen molar-refractivity contribution in [2.45, 2.75) is 19.4 Å². The predicted molar refractivity (Wildman–Crippen MR) is 82.2 cm³/mol. The van der Waals surface area contributed by atoms with Crippen molar-refractivity contribution in [3.05, 3.63) is 52.6 Å². The second-order valence-corrected chi connectivity index (χ2v) is 5.75. The van der Waals surface area contributed by atoms with Crippen LogP contribution in [0, 0.1) is 18.3 Å². The Kier molecular flexibility index (Phi) is 3.55. The van der Waals surface area contributed by atoms with Gasteiger partial charge in [0.15, 0.2) is 11.7 Å². The van der Waals surface area contributed by atoms with Gasteiger partial charge in [0.05, 0.1) is 12.6 Å². The van der Waals surface area contributed by atoms with Crippen molar-refractivity contribution in [1.82, 2.24) is 9.55 Å². The normalized spacial score (nSPS) is 12.2. The Morgan fingerprint density at radius 1 is 1.43 bits per heavy atom. The van der Waals surface area contributed by atoms with Crippen LogP contribution in [0.25, 0.3) is 10.9 Å². The Labute approximate surface area is 126 Å². The van der Waals surface area contributed by atoms with Crippen molar-refractivity contribution in [2.75, 3.05) is 0 Å². The Morgan fingerprint density at radius 3 is 2.95 bits per heavy atom. The minimum Gasteiger partial charge on any atom is -0.340 e. The Bertz CT molecular complexity index is 840. The number of para-hydroxylation sites is 1. The molecule has 0 aliphatic heterocycles. The SMILES string of the molecule is Cc1csc(C(C#N)C(=O)Cn2ccc3ccccc32)n1. The number of thiazole rings is 1. The molecule has 0 radical (unpaired) electrons. The Hall–Kier alpha value is -2.45. The number of rotatable bonds is 4. The number of hydrogen-bond acceptors (Lipinski definition) is 4. The third-order valence-corrected chi connectivity index (χ3v) is 4.37. The number of aryl methyl sites for hydroxylation is 1. The largest absolute Gasteiger partial charge is 0.340 e. The molecule has 0 aliphatic carbocycles. The van der Waals surface area contributed by atoms with Crippen molar-refractivity contribution in [1.29, 1.82) is 5.26 Å². The summed E-state index contributed by atoms with van der Waals surface area (Å²) >= 11 is 1.36. The van der Waals surface area contributed by atoms with Crippen LogP contribution >= 0.6 is 11.3 Å². The average Bonchev–Trinajstić information content (AvgIpc) is 3.07. The van der Waals surface area contributed by atoms with Gasteiger partial charge in [0.1, 0.15) is 5.01 Å². The van der Waals surface area contributed by atoms with Gasteiger partial charge in [0, 0.05) is 22.8 Å². The van der Waals surface area contributed by atoms with Gasteiger partial charge in [-0.15, -0.1) is 11.3 Å². The highest BCUT2D eigenvalue weighted by atomic mass is 32.1. The van der Waals surface area contributed by atoms with Crippen LogP contribution in [-0.4, -0.2) is 15.3 Å². The summed E-state index contributed by atoms with van der Waals surface area (Å²) in [6, 6.07) is 11.9. The molecule has 1 aromatic carbocycles. The van der Waals surface area contributed by atoms with Crippen LogP contribution in [0.1, 0.15) is 16.6 Å². The van der Waals surface area contributed by atoms with Crippen LogP contribution in [0.5, 0.6) is 0 Å². The fraction of sp³-hybridized carbons (Fsp3) is 0.188. The molecule has 104 valence electrons. The number of ketones is 1. The zero-order chi connectivity index (χ0) is 14.8. The number of nitriles is 1. The molecule has 2 heterocycles. The molecule has 0 spiro atoms. The predicted octanol–water partition coefficient (Wildman–Crippen LogP) is 3.28. The van der Waals surface area contributed by atoms with Crippen molar-refractivity contribution < 1.29 is 4.79 Å². The lowest BCUT2D eigenvalue weighted by molar-refractivity contribution is -0.119. The van der Waals surface area contributed by atoms with Gasteiger partial charge in [-0.05, 0) is 24.4 Å². The molecule has 1 atom stereocenters. The number of carbonyl (C=O) groups is 1. The van der Waals surface area contributed by atoms with Crippen LogP contribution in [-0.2, 0) is 11.3 Å². The fourth-order valence-electron chi connectivity index (χ4n) is 2.31. The zero-order valence-electron chi connectivity index (χ0n) is 11.5. The van der Waals surface area contributed by atoms with E-state index in [0.717, 1.165) is 16.6 Å². The highest BCUT2D eigenvalue weighted by molar-refractivity contribution is 7.09. The monoisotopic (exact) mass is 295 g/mol. The van der Waals surface area contributed by atoms with Crippen LogP contribution in [0.3, 0.4) is 0 Å². The molecule has 3 aromatic rings. The molecule has 4 nitrogen and oxygen atoms in total. The Morgan fingerprint density at radius 2 is 2.24 bits per heavy atom. The summed E-state index contributed by atoms with van der Waals surface area (Å²) in [4.78, 5) is 16.7. The second-order valence-electron chi connectivity index (χ2n) is 4.86. The van der Waals surface area contributed by atoms with E-state index in [2.05, 4.69) is 11.1 Å². The molecule has 0 amide bonds. The van der Waals surface area contributed by atoms with Gasteiger partial charge >= 0.3 is 0 Å². The van der Waals surface area contributed by atoms with E-state index in [-0.39, 0.29) is 12.3 Å². The van der Waals surface area contributed by atoms with E-state index in [1.54, 1.807) is 0 Å². The number of hydrogen-bond donors (Lipinski definition) is 0. The molecule has 0 bridgehead atoms. The summed E-state index contributed by atoms with van der Waals surface area (Å²) in [7, 11) is 0. The van der Waals surface area contributed by atoms with Gasteiger partial charge in [-0.3, -0.25) is 4.79 Å². The summed E-state index contributed by atoms with van der Waals surface area (Å²) in [6.45, 7) is 2.04. The van der Waals surface area contributed by atoms with E-state index >= 15 is 0 Å². The zero-order valence-corrected chi connectivity index (χ0v) is 12.3. The molecular weight excluding hydrogens is 282 g/mol. The minimum absolute atomic E-state index is 0.131. The molecule has 0 fully saturated rings. The molecule has 21 heavy (non-hydrogen) atoms. The van der Waals surface area contributed by atoms with Crippen LogP contribution in [0.2, 0.25) is 0 Å². The van der Waals surface area contributed by atoms with E-state index < -0.39 is 5.92 Å². The molecule has 5 heteroatoms. The molecule has 0 N–H and O–H groups in total. The van der Waals surface area contributed by atoms with E-state index in [1.165, 1.54) is 11.3 Å². The maximum atomic E-state index is 12.4. The van der Waals surface area contributed by atoms with Gasteiger partial charge in [-0.1, -0.05) is 18.2 Å². The van der Waals surface area contributed by atoms with Crippen LogP contribution in [0.15, 0.2) is 41.9 Å². The lowest BCUT2D eigenvalue weighted by Crippen LogP contribution is -2.17. The first-order valence-corrected chi connectivity index (χ1v) is 7.45. The molecule has 3 rings (SSSR count). The molecule has 0 saturated carbocycles. The first-order chi connectivity index (χ1) is 10.2. The maximum Gasteiger partial charge on any atom is 0.176 e. The Balaban J connectivity index is 1.87. The van der Waals surface area contributed by atoms with Crippen molar-refractivity contribution in [2.24, 2.45) is 0 Å². The molecule has 1 unspecified atom stereocenters. The second kappa shape index (κ2) is 5.51. The molecule has 0 saturated heterocycles. The summed E-state index contributed by atoms with van der Waals surface area (Å²) in [5.74, 6) is -0.918. The summed E-state index contributed by atoms with van der Waals surface area (Å²) in [6.07, 6.45) is 1.88. The third kappa shape index (κ3) is 2.58. The fourth-order valence-corrected chi connectivity index (χ4v) is 3.17. The number of Topliss-reactive ketones (excluding diaryl/α,β-unsaturated/α-hetero) is 1. The van der Waals surface area contributed by atoms with Gasteiger partial charge in [-0.25, -0.2) is 4.98 Å². The maximum absolute atomic E-state index is 12.4. The van der Waals surface area contributed by atoms with Gasteiger partial charge in [-0.2, -0.15) is 5.26 Å². The first-order valence-electron chi connectivity index (χ1n) is 6.57. The van der Waals surface area contributed by atoms with E-state index in [9.17, 15) is 10.1 Å². The standard InChI is InChI=1S/C16H13N3OS/c1-11-10-21-16(18-11)13(8-17)15(20)9-19-7-6-12-4-2-3-5-14(12)19/h2-7,10,13H,9H2,1H3. The summed E-state index contributed by atoms with van der Waals surface area (Å²) in [5.41, 5.74) is 1.84.